The van der Waals surface area contributed by atoms with Gasteiger partial charge in [0.1, 0.15) is 5.75 Å². The molecule has 2 rings (SSSR count). The zero-order valence-electron chi connectivity index (χ0n) is 10.5. The summed E-state index contributed by atoms with van der Waals surface area (Å²) in [5.74, 6) is 1.16. The summed E-state index contributed by atoms with van der Waals surface area (Å²) < 4.78 is 10.7. The van der Waals surface area contributed by atoms with Crippen LogP contribution >= 0.6 is 23.2 Å². The second-order valence-corrected chi connectivity index (χ2v) is 4.66. The number of benzene rings is 2. The summed E-state index contributed by atoms with van der Waals surface area (Å²) in [7, 11) is 1.47. The normalized spacial score (nSPS) is 9.95. The Balaban J connectivity index is 2.26. The van der Waals surface area contributed by atoms with Crippen molar-refractivity contribution < 1.29 is 14.3 Å². The van der Waals surface area contributed by atoms with E-state index in [1.165, 1.54) is 7.05 Å². The standard InChI is InChI=1S/C14H11Cl2NO3/c1-17-14(18)20-12-7-4-10(16)8-13(12)19-11-5-2-9(15)3-6-11/h2-8H,1H3,(H,17,18). The molecule has 0 bridgehead atoms. The molecule has 0 saturated carbocycles. The van der Waals surface area contributed by atoms with Gasteiger partial charge in [-0.2, -0.15) is 0 Å². The number of carbonyl (C=O) groups excluding carboxylic acids is 1. The fourth-order valence-corrected chi connectivity index (χ4v) is 1.71. The number of nitrogens with one attached hydrogen (secondary N) is 1. The number of carbonyl (C=O) groups is 1. The van der Waals surface area contributed by atoms with Crippen molar-refractivity contribution >= 4 is 29.3 Å². The minimum atomic E-state index is -0.590. The van der Waals surface area contributed by atoms with E-state index in [1.54, 1.807) is 42.5 Å². The molecule has 0 unspecified atom stereocenters. The highest BCUT2D eigenvalue weighted by atomic mass is 35.5. The van der Waals surface area contributed by atoms with Gasteiger partial charge < -0.3 is 14.8 Å². The van der Waals surface area contributed by atoms with Crippen LogP contribution in [0.3, 0.4) is 0 Å². The first kappa shape index (κ1) is 14.5. The SMILES string of the molecule is CNC(=O)Oc1ccc(Cl)cc1Oc1ccc(Cl)cc1. The Kier molecular flexibility index (Phi) is 4.71. The van der Waals surface area contributed by atoms with Gasteiger partial charge in [-0.15, -0.1) is 0 Å². The Morgan fingerprint density at radius 3 is 2.30 bits per heavy atom. The molecule has 0 heterocycles. The molecule has 0 atom stereocenters. The molecular formula is C14H11Cl2NO3. The first-order chi connectivity index (χ1) is 9.58. The van der Waals surface area contributed by atoms with Crippen LogP contribution in [0.2, 0.25) is 10.0 Å². The van der Waals surface area contributed by atoms with Crippen LogP contribution in [0, 0.1) is 0 Å². The third-order valence-electron chi connectivity index (χ3n) is 2.35. The number of hydrogen-bond acceptors (Lipinski definition) is 3. The molecule has 1 N–H and O–H groups in total. The number of amides is 1. The number of ether oxygens (including phenoxy) is 2. The lowest BCUT2D eigenvalue weighted by atomic mass is 10.3. The van der Waals surface area contributed by atoms with Crippen LogP contribution in [0.25, 0.3) is 0 Å². The molecule has 0 radical (unpaired) electrons. The third kappa shape index (κ3) is 3.79. The van der Waals surface area contributed by atoms with Crippen LogP contribution in [-0.2, 0) is 0 Å². The van der Waals surface area contributed by atoms with Crippen LogP contribution < -0.4 is 14.8 Å². The molecule has 0 fully saturated rings. The summed E-state index contributed by atoms with van der Waals surface area (Å²) in [5.41, 5.74) is 0. The zero-order valence-corrected chi connectivity index (χ0v) is 12.0. The highest BCUT2D eigenvalue weighted by molar-refractivity contribution is 6.31. The van der Waals surface area contributed by atoms with Gasteiger partial charge in [0, 0.05) is 23.2 Å². The smallest absolute Gasteiger partial charge is 0.412 e. The highest BCUT2D eigenvalue weighted by Gasteiger charge is 2.11. The van der Waals surface area contributed by atoms with Gasteiger partial charge in [0.15, 0.2) is 11.5 Å². The van der Waals surface area contributed by atoms with Gasteiger partial charge in [0.2, 0.25) is 0 Å². The van der Waals surface area contributed by atoms with E-state index in [1.807, 2.05) is 0 Å². The largest absolute Gasteiger partial charge is 0.453 e. The minimum Gasteiger partial charge on any atom is -0.453 e. The van der Waals surface area contributed by atoms with Gasteiger partial charge in [-0.3, -0.25) is 0 Å². The van der Waals surface area contributed by atoms with Crippen molar-refractivity contribution in [1.29, 1.82) is 0 Å². The van der Waals surface area contributed by atoms with Gasteiger partial charge >= 0.3 is 6.09 Å². The lowest BCUT2D eigenvalue weighted by Gasteiger charge is -2.11. The fourth-order valence-electron chi connectivity index (χ4n) is 1.43. The Morgan fingerprint density at radius 2 is 1.65 bits per heavy atom. The molecule has 0 aliphatic carbocycles. The Morgan fingerprint density at radius 1 is 1.00 bits per heavy atom. The second kappa shape index (κ2) is 6.50. The van der Waals surface area contributed by atoms with Crippen LogP contribution in [0.4, 0.5) is 4.79 Å². The van der Waals surface area contributed by atoms with Crippen molar-refractivity contribution in [3.63, 3.8) is 0 Å². The first-order valence-corrected chi connectivity index (χ1v) is 6.46. The number of hydrogen-bond donors (Lipinski definition) is 1. The Labute approximate surface area is 126 Å². The van der Waals surface area contributed by atoms with Crippen molar-refractivity contribution in [1.82, 2.24) is 5.32 Å². The van der Waals surface area contributed by atoms with Crippen molar-refractivity contribution in [3.05, 3.63) is 52.5 Å². The molecular weight excluding hydrogens is 301 g/mol. The van der Waals surface area contributed by atoms with Crippen molar-refractivity contribution in [3.8, 4) is 17.2 Å². The highest BCUT2D eigenvalue weighted by Crippen LogP contribution is 2.34. The van der Waals surface area contributed by atoms with E-state index in [2.05, 4.69) is 5.32 Å². The topological polar surface area (TPSA) is 47.6 Å². The molecule has 0 saturated heterocycles. The lowest BCUT2D eigenvalue weighted by molar-refractivity contribution is 0.201. The molecule has 2 aromatic carbocycles. The van der Waals surface area contributed by atoms with Gasteiger partial charge in [0.05, 0.1) is 0 Å². The minimum absolute atomic E-state index is 0.267. The van der Waals surface area contributed by atoms with Crippen molar-refractivity contribution in [2.45, 2.75) is 0 Å². The second-order valence-electron chi connectivity index (χ2n) is 3.79. The average Bonchev–Trinajstić information content (AvgIpc) is 2.44. The molecule has 0 aromatic heterocycles. The lowest BCUT2D eigenvalue weighted by Crippen LogP contribution is -2.22. The molecule has 0 aliphatic heterocycles. The number of rotatable bonds is 3. The summed E-state index contributed by atoms with van der Waals surface area (Å²) in [6, 6.07) is 11.5. The summed E-state index contributed by atoms with van der Waals surface area (Å²) in [4.78, 5) is 11.3. The third-order valence-corrected chi connectivity index (χ3v) is 2.84. The first-order valence-electron chi connectivity index (χ1n) is 5.71. The Hall–Kier alpha value is -1.91. The molecule has 20 heavy (non-hydrogen) atoms. The molecule has 0 spiro atoms. The maximum atomic E-state index is 11.3. The molecule has 2 aromatic rings. The average molecular weight is 312 g/mol. The van der Waals surface area contributed by atoms with E-state index < -0.39 is 6.09 Å². The summed E-state index contributed by atoms with van der Waals surface area (Å²) >= 11 is 11.7. The van der Waals surface area contributed by atoms with Crippen LogP contribution in [0.15, 0.2) is 42.5 Å². The maximum Gasteiger partial charge on any atom is 0.412 e. The van der Waals surface area contributed by atoms with E-state index >= 15 is 0 Å². The van der Waals surface area contributed by atoms with Crippen molar-refractivity contribution in [2.24, 2.45) is 0 Å². The van der Waals surface area contributed by atoms with E-state index in [9.17, 15) is 4.79 Å². The van der Waals surface area contributed by atoms with Crippen molar-refractivity contribution in [2.75, 3.05) is 7.05 Å². The number of halogens is 2. The predicted molar refractivity (Wildman–Crippen MR) is 78.1 cm³/mol. The fraction of sp³-hybridized carbons (Fsp3) is 0.0714. The molecule has 0 aliphatic rings. The maximum absolute atomic E-state index is 11.3. The van der Waals surface area contributed by atoms with Gasteiger partial charge in [0.25, 0.3) is 0 Å². The monoisotopic (exact) mass is 311 g/mol. The van der Waals surface area contributed by atoms with Crippen LogP contribution in [-0.4, -0.2) is 13.1 Å². The van der Waals surface area contributed by atoms with E-state index in [0.29, 0.717) is 21.5 Å². The van der Waals surface area contributed by atoms with Gasteiger partial charge in [-0.05, 0) is 36.4 Å². The van der Waals surface area contributed by atoms with E-state index in [-0.39, 0.29) is 5.75 Å². The molecule has 104 valence electrons. The molecule has 1 amide bonds. The van der Waals surface area contributed by atoms with Crippen LogP contribution in [0.5, 0.6) is 17.2 Å². The van der Waals surface area contributed by atoms with E-state index in [4.69, 9.17) is 32.7 Å². The van der Waals surface area contributed by atoms with E-state index in [0.717, 1.165) is 0 Å². The predicted octanol–water partition coefficient (Wildman–Crippen LogP) is 4.50. The van der Waals surface area contributed by atoms with Gasteiger partial charge in [-0.1, -0.05) is 23.2 Å². The van der Waals surface area contributed by atoms with Crippen LogP contribution in [0.1, 0.15) is 0 Å². The molecule has 4 nitrogen and oxygen atoms in total. The van der Waals surface area contributed by atoms with Gasteiger partial charge in [-0.25, -0.2) is 4.79 Å². The summed E-state index contributed by atoms with van der Waals surface area (Å²) in [6.45, 7) is 0. The summed E-state index contributed by atoms with van der Waals surface area (Å²) in [5, 5.41) is 3.43. The zero-order chi connectivity index (χ0) is 14.5. The quantitative estimate of drug-likeness (QED) is 0.907. The molecule has 6 heteroatoms. The summed E-state index contributed by atoms with van der Waals surface area (Å²) in [6.07, 6.45) is -0.590. The Bertz CT molecular complexity index is 614.